The smallest absolute Gasteiger partial charge is 0.410 e. The summed E-state index contributed by atoms with van der Waals surface area (Å²) in [4.78, 5) is 26.9. The molecular formula is C14H24N2O4. The van der Waals surface area contributed by atoms with Gasteiger partial charge in [-0.2, -0.15) is 0 Å². The van der Waals surface area contributed by atoms with Crippen molar-refractivity contribution < 1.29 is 19.4 Å². The van der Waals surface area contributed by atoms with Crippen LogP contribution in [0.1, 0.15) is 33.6 Å². The second-order valence-electron chi connectivity index (χ2n) is 6.69. The van der Waals surface area contributed by atoms with Crippen LogP contribution in [-0.4, -0.2) is 64.8 Å². The Balaban J connectivity index is 1.84. The van der Waals surface area contributed by atoms with E-state index in [-0.39, 0.29) is 18.1 Å². The molecule has 2 fully saturated rings. The van der Waals surface area contributed by atoms with Crippen LogP contribution in [0.4, 0.5) is 4.79 Å². The Morgan fingerprint density at radius 3 is 2.40 bits per heavy atom. The predicted octanol–water partition coefficient (Wildman–Crippen LogP) is 1.40. The van der Waals surface area contributed by atoms with Gasteiger partial charge in [-0.15, -0.1) is 0 Å². The van der Waals surface area contributed by atoms with Crippen LogP contribution in [-0.2, 0) is 9.53 Å². The molecule has 20 heavy (non-hydrogen) atoms. The third-order valence-electron chi connectivity index (χ3n) is 3.90. The van der Waals surface area contributed by atoms with Crippen molar-refractivity contribution in [3.05, 3.63) is 0 Å². The number of carboxylic acids is 1. The molecule has 0 bridgehead atoms. The van der Waals surface area contributed by atoms with Crippen molar-refractivity contribution in [1.29, 1.82) is 0 Å². The summed E-state index contributed by atoms with van der Waals surface area (Å²) < 4.78 is 5.37. The lowest BCUT2D eigenvalue weighted by molar-refractivity contribution is -0.141. The first kappa shape index (κ1) is 15.1. The number of ether oxygens (including phenoxy) is 1. The van der Waals surface area contributed by atoms with E-state index in [0.29, 0.717) is 26.1 Å². The number of aliphatic carboxylic acids is 1. The molecule has 2 saturated heterocycles. The Morgan fingerprint density at radius 1 is 1.15 bits per heavy atom. The molecule has 1 N–H and O–H groups in total. The number of likely N-dealkylation sites (tertiary alicyclic amines) is 2. The first-order chi connectivity index (χ1) is 9.26. The lowest BCUT2D eigenvalue weighted by Crippen LogP contribution is -2.39. The van der Waals surface area contributed by atoms with E-state index in [1.165, 1.54) is 0 Å². The molecule has 0 aliphatic carbocycles. The molecule has 0 saturated carbocycles. The van der Waals surface area contributed by atoms with Crippen LogP contribution in [0.15, 0.2) is 0 Å². The zero-order valence-electron chi connectivity index (χ0n) is 12.5. The Bertz CT molecular complexity index is 391. The van der Waals surface area contributed by atoms with Gasteiger partial charge in [-0.1, -0.05) is 0 Å². The molecule has 0 radical (unpaired) electrons. The van der Waals surface area contributed by atoms with Crippen molar-refractivity contribution in [2.75, 3.05) is 26.2 Å². The number of carbonyl (C=O) groups excluding carboxylic acids is 1. The third kappa shape index (κ3) is 3.62. The minimum Gasteiger partial charge on any atom is -0.481 e. The first-order valence-corrected chi connectivity index (χ1v) is 7.21. The van der Waals surface area contributed by atoms with Crippen LogP contribution < -0.4 is 0 Å². The van der Waals surface area contributed by atoms with E-state index in [1.54, 1.807) is 4.90 Å². The summed E-state index contributed by atoms with van der Waals surface area (Å²) in [6, 6.07) is 0.270. The number of hydrogen-bond acceptors (Lipinski definition) is 4. The lowest BCUT2D eigenvalue weighted by atomic mass is 10.1. The van der Waals surface area contributed by atoms with Gasteiger partial charge in [0.15, 0.2) is 0 Å². The molecule has 2 aliphatic rings. The average Bonchev–Trinajstić information content (AvgIpc) is 2.95. The van der Waals surface area contributed by atoms with Gasteiger partial charge in [0.25, 0.3) is 0 Å². The van der Waals surface area contributed by atoms with Crippen molar-refractivity contribution in [2.45, 2.75) is 45.3 Å². The van der Waals surface area contributed by atoms with E-state index < -0.39 is 11.6 Å². The summed E-state index contributed by atoms with van der Waals surface area (Å²) in [7, 11) is 0. The predicted molar refractivity (Wildman–Crippen MR) is 73.5 cm³/mol. The van der Waals surface area contributed by atoms with Crippen LogP contribution in [0.2, 0.25) is 0 Å². The normalized spacial score (nSPS) is 27.9. The molecule has 1 amide bonds. The molecule has 2 rings (SSSR count). The Kier molecular flexibility index (Phi) is 4.22. The summed E-state index contributed by atoms with van der Waals surface area (Å²) in [5, 5.41) is 9.03. The van der Waals surface area contributed by atoms with E-state index in [4.69, 9.17) is 9.84 Å². The molecule has 114 valence electrons. The molecule has 0 unspecified atom stereocenters. The molecular weight excluding hydrogens is 260 g/mol. The van der Waals surface area contributed by atoms with Gasteiger partial charge in [0.05, 0.1) is 5.92 Å². The van der Waals surface area contributed by atoms with Crippen molar-refractivity contribution in [3.63, 3.8) is 0 Å². The third-order valence-corrected chi connectivity index (χ3v) is 3.90. The summed E-state index contributed by atoms with van der Waals surface area (Å²) in [5.41, 5.74) is -0.475. The van der Waals surface area contributed by atoms with Gasteiger partial charge in [-0.05, 0) is 40.2 Å². The van der Waals surface area contributed by atoms with Gasteiger partial charge in [0.2, 0.25) is 0 Å². The summed E-state index contributed by atoms with van der Waals surface area (Å²) in [6.45, 7) is 8.31. The number of rotatable bonds is 2. The highest BCUT2D eigenvalue weighted by Gasteiger charge is 2.37. The second kappa shape index (κ2) is 5.60. The van der Waals surface area contributed by atoms with Crippen molar-refractivity contribution >= 4 is 12.1 Å². The molecule has 2 heterocycles. The number of nitrogens with zero attached hydrogens (tertiary/aromatic N) is 2. The molecule has 0 aromatic carbocycles. The van der Waals surface area contributed by atoms with Crippen LogP contribution in [0, 0.1) is 5.92 Å². The van der Waals surface area contributed by atoms with E-state index in [9.17, 15) is 9.59 Å². The maximum atomic E-state index is 12.0. The van der Waals surface area contributed by atoms with Crippen molar-refractivity contribution in [2.24, 2.45) is 5.92 Å². The van der Waals surface area contributed by atoms with Crippen LogP contribution in [0.25, 0.3) is 0 Å². The van der Waals surface area contributed by atoms with Crippen molar-refractivity contribution in [3.8, 4) is 0 Å². The molecule has 0 aromatic heterocycles. The molecule has 6 heteroatoms. The number of hydrogen-bond donors (Lipinski definition) is 1. The Hall–Kier alpha value is -1.30. The Morgan fingerprint density at radius 2 is 1.85 bits per heavy atom. The van der Waals surface area contributed by atoms with Gasteiger partial charge >= 0.3 is 12.1 Å². The SMILES string of the molecule is CC(C)(C)OC(=O)N1CC[C@@H](N2CC[C@H](C(=O)O)C2)C1. The summed E-state index contributed by atoms with van der Waals surface area (Å²) in [6.07, 6.45) is 1.33. The van der Waals surface area contributed by atoms with Crippen LogP contribution in [0.5, 0.6) is 0 Å². The van der Waals surface area contributed by atoms with Gasteiger partial charge in [-0.25, -0.2) is 4.79 Å². The summed E-state index contributed by atoms with van der Waals surface area (Å²) in [5.74, 6) is -0.972. The zero-order chi connectivity index (χ0) is 14.9. The van der Waals surface area contributed by atoms with E-state index in [0.717, 1.165) is 13.0 Å². The molecule has 0 aromatic rings. The highest BCUT2D eigenvalue weighted by Crippen LogP contribution is 2.25. The van der Waals surface area contributed by atoms with E-state index in [2.05, 4.69) is 4.90 Å². The minimum atomic E-state index is -0.713. The molecule has 2 atom stereocenters. The largest absolute Gasteiger partial charge is 0.481 e. The maximum Gasteiger partial charge on any atom is 0.410 e. The van der Waals surface area contributed by atoms with Gasteiger partial charge in [0, 0.05) is 25.7 Å². The topological polar surface area (TPSA) is 70.1 Å². The fourth-order valence-electron chi connectivity index (χ4n) is 2.85. The lowest BCUT2D eigenvalue weighted by Gasteiger charge is -2.26. The fraction of sp³-hybridized carbons (Fsp3) is 0.857. The summed E-state index contributed by atoms with van der Waals surface area (Å²) >= 11 is 0. The molecule has 0 spiro atoms. The van der Waals surface area contributed by atoms with Gasteiger partial charge in [-0.3, -0.25) is 9.69 Å². The maximum absolute atomic E-state index is 12.0. The molecule has 2 aliphatic heterocycles. The van der Waals surface area contributed by atoms with Crippen LogP contribution >= 0.6 is 0 Å². The number of carbonyl (C=O) groups is 2. The highest BCUT2D eigenvalue weighted by molar-refractivity contribution is 5.70. The average molecular weight is 284 g/mol. The van der Waals surface area contributed by atoms with Gasteiger partial charge < -0.3 is 14.7 Å². The Labute approximate surface area is 119 Å². The number of amides is 1. The van der Waals surface area contributed by atoms with E-state index >= 15 is 0 Å². The fourth-order valence-corrected chi connectivity index (χ4v) is 2.85. The van der Waals surface area contributed by atoms with Crippen LogP contribution in [0.3, 0.4) is 0 Å². The molecule has 6 nitrogen and oxygen atoms in total. The zero-order valence-corrected chi connectivity index (χ0v) is 12.5. The van der Waals surface area contributed by atoms with Crippen molar-refractivity contribution in [1.82, 2.24) is 9.80 Å². The second-order valence-corrected chi connectivity index (χ2v) is 6.69. The quantitative estimate of drug-likeness (QED) is 0.830. The first-order valence-electron chi connectivity index (χ1n) is 7.21. The monoisotopic (exact) mass is 284 g/mol. The van der Waals surface area contributed by atoms with E-state index in [1.807, 2.05) is 20.8 Å². The minimum absolute atomic E-state index is 0.259. The number of carboxylic acid groups (broad SMARTS) is 1. The highest BCUT2D eigenvalue weighted by atomic mass is 16.6. The van der Waals surface area contributed by atoms with Gasteiger partial charge in [0.1, 0.15) is 5.60 Å². The standard InChI is InChI=1S/C14H24N2O4/c1-14(2,3)20-13(19)16-7-5-11(9-16)15-6-4-10(8-15)12(17)18/h10-11H,4-9H2,1-3H3,(H,17,18)/t10-,11+/m0/s1.